The summed E-state index contributed by atoms with van der Waals surface area (Å²) in [6, 6.07) is 0. The molecule has 0 amide bonds. The molecule has 1 heterocycles. The van der Waals surface area contributed by atoms with Crippen LogP contribution in [0.15, 0.2) is 4.79 Å². The lowest BCUT2D eigenvalue weighted by Crippen LogP contribution is -2.22. The van der Waals surface area contributed by atoms with Gasteiger partial charge in [0.2, 0.25) is 0 Å². The van der Waals surface area contributed by atoms with E-state index in [-0.39, 0.29) is 17.4 Å². The second-order valence-electron chi connectivity index (χ2n) is 3.67. The Hall–Kier alpha value is -1.10. The molecule has 0 radical (unpaired) electrons. The zero-order valence-corrected chi connectivity index (χ0v) is 10.7. The molecule has 90 valence electrons. The molecule has 1 aromatic rings. The monoisotopic (exact) mass is 243 g/mol. The molecule has 0 saturated carbocycles. The van der Waals surface area contributed by atoms with Crippen molar-refractivity contribution in [2.24, 2.45) is 0 Å². The van der Waals surface area contributed by atoms with Crippen LogP contribution >= 0.6 is 11.3 Å². The number of aryl methyl sites for hydroxylation is 1. The van der Waals surface area contributed by atoms with Crippen LogP contribution < -0.4 is 4.87 Å². The van der Waals surface area contributed by atoms with Gasteiger partial charge in [0.15, 0.2) is 0 Å². The Morgan fingerprint density at radius 1 is 1.44 bits per heavy atom. The van der Waals surface area contributed by atoms with Crippen LogP contribution in [0.1, 0.15) is 30.3 Å². The molecule has 4 nitrogen and oxygen atoms in total. The van der Waals surface area contributed by atoms with Crippen LogP contribution in [0.25, 0.3) is 0 Å². The van der Waals surface area contributed by atoms with Gasteiger partial charge in [-0.15, -0.1) is 0 Å². The molecule has 0 N–H and O–H groups in total. The zero-order chi connectivity index (χ0) is 12.1. The Bertz CT molecular complexity index is 419. The molecule has 0 fully saturated rings. The van der Waals surface area contributed by atoms with Gasteiger partial charge in [0.25, 0.3) is 0 Å². The average molecular weight is 243 g/mol. The lowest BCUT2D eigenvalue weighted by atomic mass is 10.4. The molecule has 0 atom stereocenters. The standard InChI is InChI=1S/C11H17NO3S/c1-4-5-6-15-10(13)7-12-8(2)9(3)16-11(12)14/h4-7H2,1-3H3. The minimum atomic E-state index is -0.337. The van der Waals surface area contributed by atoms with Gasteiger partial charge in [0.05, 0.1) is 6.61 Å². The lowest BCUT2D eigenvalue weighted by molar-refractivity contribution is -0.144. The summed E-state index contributed by atoms with van der Waals surface area (Å²) in [6.07, 6.45) is 1.85. The van der Waals surface area contributed by atoms with E-state index in [1.165, 1.54) is 15.9 Å². The predicted molar refractivity (Wildman–Crippen MR) is 63.9 cm³/mol. The largest absolute Gasteiger partial charge is 0.464 e. The predicted octanol–water partition coefficient (Wildman–Crippen LogP) is 1.87. The van der Waals surface area contributed by atoms with E-state index in [4.69, 9.17) is 4.74 Å². The molecular weight excluding hydrogens is 226 g/mol. The van der Waals surface area contributed by atoms with E-state index in [1.807, 2.05) is 20.8 Å². The molecule has 1 rings (SSSR count). The van der Waals surface area contributed by atoms with Crippen molar-refractivity contribution in [3.8, 4) is 0 Å². The zero-order valence-electron chi connectivity index (χ0n) is 9.91. The molecule has 5 heteroatoms. The summed E-state index contributed by atoms with van der Waals surface area (Å²) in [5.41, 5.74) is 0.849. The Morgan fingerprint density at radius 2 is 2.12 bits per heavy atom. The third-order valence-electron chi connectivity index (χ3n) is 2.42. The lowest BCUT2D eigenvalue weighted by Gasteiger charge is -2.05. The van der Waals surface area contributed by atoms with Crippen LogP contribution in [-0.4, -0.2) is 17.1 Å². The summed E-state index contributed by atoms with van der Waals surface area (Å²) in [4.78, 5) is 23.8. The Labute approximate surface area is 98.9 Å². The minimum absolute atomic E-state index is 0.0265. The Kier molecular flexibility index (Phi) is 4.73. The van der Waals surface area contributed by atoms with Gasteiger partial charge in [0, 0.05) is 10.6 Å². The average Bonchev–Trinajstić information content (AvgIpc) is 2.46. The topological polar surface area (TPSA) is 48.3 Å². The maximum Gasteiger partial charge on any atom is 0.326 e. The SMILES string of the molecule is CCCCOC(=O)Cn1c(C)c(C)sc1=O. The normalized spacial score (nSPS) is 10.4. The molecule has 0 aliphatic rings. The summed E-state index contributed by atoms with van der Waals surface area (Å²) < 4.78 is 6.48. The molecule has 0 aliphatic heterocycles. The van der Waals surface area contributed by atoms with Crippen LogP contribution in [-0.2, 0) is 16.1 Å². The molecule has 0 aromatic carbocycles. The number of carbonyl (C=O) groups is 1. The second kappa shape index (κ2) is 5.84. The number of hydrogen-bond acceptors (Lipinski definition) is 4. The van der Waals surface area contributed by atoms with Gasteiger partial charge >= 0.3 is 10.8 Å². The first-order valence-electron chi connectivity index (χ1n) is 5.38. The number of unbranched alkanes of at least 4 members (excludes halogenated alkanes) is 1. The molecule has 0 unspecified atom stereocenters. The van der Waals surface area contributed by atoms with E-state index < -0.39 is 0 Å². The molecule has 1 aromatic heterocycles. The maximum atomic E-state index is 11.5. The molecule has 0 aliphatic carbocycles. The molecule has 0 bridgehead atoms. The van der Waals surface area contributed by atoms with E-state index in [0.29, 0.717) is 6.61 Å². The van der Waals surface area contributed by atoms with Gasteiger partial charge in [-0.1, -0.05) is 24.7 Å². The summed E-state index contributed by atoms with van der Waals surface area (Å²) >= 11 is 1.17. The summed E-state index contributed by atoms with van der Waals surface area (Å²) in [5.74, 6) is -0.337. The summed E-state index contributed by atoms with van der Waals surface area (Å²) in [7, 11) is 0. The number of carbonyl (C=O) groups excluding carboxylic acids is 1. The van der Waals surface area contributed by atoms with Gasteiger partial charge < -0.3 is 4.74 Å². The smallest absolute Gasteiger partial charge is 0.326 e. The van der Waals surface area contributed by atoms with Crippen molar-refractivity contribution in [1.29, 1.82) is 0 Å². The maximum absolute atomic E-state index is 11.5. The van der Waals surface area contributed by atoms with E-state index in [0.717, 1.165) is 23.4 Å². The van der Waals surface area contributed by atoms with E-state index in [9.17, 15) is 9.59 Å². The van der Waals surface area contributed by atoms with Crippen molar-refractivity contribution in [2.45, 2.75) is 40.2 Å². The minimum Gasteiger partial charge on any atom is -0.464 e. The third-order valence-corrected chi connectivity index (χ3v) is 3.42. The summed E-state index contributed by atoms with van der Waals surface area (Å²) in [5, 5.41) is 0. The van der Waals surface area contributed by atoms with Gasteiger partial charge in [-0.05, 0) is 20.3 Å². The van der Waals surface area contributed by atoms with Crippen LogP contribution in [0.4, 0.5) is 0 Å². The first-order valence-corrected chi connectivity index (χ1v) is 6.20. The number of rotatable bonds is 5. The highest BCUT2D eigenvalue weighted by Gasteiger charge is 2.11. The Morgan fingerprint density at radius 3 is 2.62 bits per heavy atom. The third kappa shape index (κ3) is 3.20. The van der Waals surface area contributed by atoms with Crippen LogP contribution in [0.3, 0.4) is 0 Å². The summed E-state index contributed by atoms with van der Waals surface area (Å²) in [6.45, 7) is 6.21. The van der Waals surface area contributed by atoms with Gasteiger partial charge in [-0.25, -0.2) is 0 Å². The van der Waals surface area contributed by atoms with Gasteiger partial charge in [-0.3, -0.25) is 14.2 Å². The second-order valence-corrected chi connectivity index (χ2v) is 4.84. The highest BCUT2D eigenvalue weighted by Crippen LogP contribution is 2.09. The van der Waals surface area contributed by atoms with E-state index >= 15 is 0 Å². The number of nitrogens with zero attached hydrogens (tertiary/aromatic N) is 1. The molecule has 0 saturated heterocycles. The number of esters is 1. The first kappa shape index (κ1) is 13.0. The fourth-order valence-corrected chi connectivity index (χ4v) is 2.11. The molecule has 0 spiro atoms. The first-order chi connectivity index (χ1) is 7.56. The van der Waals surface area contributed by atoms with Crippen molar-refractivity contribution in [2.75, 3.05) is 6.61 Å². The number of hydrogen-bond donors (Lipinski definition) is 0. The van der Waals surface area contributed by atoms with Gasteiger partial charge in [0.1, 0.15) is 6.54 Å². The van der Waals surface area contributed by atoms with Crippen LogP contribution in [0, 0.1) is 13.8 Å². The van der Waals surface area contributed by atoms with Crippen molar-refractivity contribution in [3.05, 3.63) is 20.2 Å². The fraction of sp³-hybridized carbons (Fsp3) is 0.636. The van der Waals surface area contributed by atoms with Crippen molar-refractivity contribution < 1.29 is 9.53 Å². The van der Waals surface area contributed by atoms with Gasteiger partial charge in [-0.2, -0.15) is 0 Å². The Balaban J connectivity index is 2.59. The van der Waals surface area contributed by atoms with Crippen molar-refractivity contribution in [1.82, 2.24) is 4.57 Å². The van der Waals surface area contributed by atoms with Crippen LogP contribution in [0.2, 0.25) is 0 Å². The highest BCUT2D eigenvalue weighted by molar-refractivity contribution is 7.09. The quantitative estimate of drug-likeness (QED) is 0.586. The van der Waals surface area contributed by atoms with E-state index in [2.05, 4.69) is 0 Å². The molecular formula is C11H17NO3S. The highest BCUT2D eigenvalue weighted by atomic mass is 32.1. The molecule has 16 heavy (non-hydrogen) atoms. The number of thiazole rings is 1. The van der Waals surface area contributed by atoms with E-state index in [1.54, 1.807) is 0 Å². The van der Waals surface area contributed by atoms with Crippen molar-refractivity contribution in [3.63, 3.8) is 0 Å². The number of ether oxygens (including phenoxy) is 1. The fourth-order valence-electron chi connectivity index (χ4n) is 1.28. The van der Waals surface area contributed by atoms with Crippen molar-refractivity contribution >= 4 is 17.3 Å². The van der Waals surface area contributed by atoms with Crippen LogP contribution in [0.5, 0.6) is 0 Å². The number of aromatic nitrogens is 1.